The molecule has 0 spiro atoms. The lowest BCUT2D eigenvalue weighted by atomic mass is 10.1. The molecule has 0 unspecified atom stereocenters. The Labute approximate surface area is 196 Å². The average Bonchev–Trinajstić information content (AvgIpc) is 2.74. The van der Waals surface area contributed by atoms with Crippen LogP contribution in [0.3, 0.4) is 0 Å². The number of nitrogens with one attached hydrogen (secondary N) is 2. The Morgan fingerprint density at radius 1 is 1.15 bits per heavy atom. The third-order valence-corrected chi connectivity index (χ3v) is 7.39. The first-order valence-corrected chi connectivity index (χ1v) is 13.3. The van der Waals surface area contributed by atoms with Crippen LogP contribution in [0, 0.1) is 5.82 Å². The van der Waals surface area contributed by atoms with Gasteiger partial charge in [0.15, 0.2) is 5.82 Å². The largest absolute Gasteiger partial charge is 0.338 e. The van der Waals surface area contributed by atoms with Gasteiger partial charge in [-0.1, -0.05) is 11.6 Å². The Kier molecular flexibility index (Phi) is 6.31. The predicted octanol–water partition coefficient (Wildman–Crippen LogP) is 3.69. The van der Waals surface area contributed by atoms with Gasteiger partial charge in [0.25, 0.3) is 5.56 Å². The molecule has 0 bridgehead atoms. The lowest BCUT2D eigenvalue weighted by Crippen LogP contribution is -2.33. The topological polar surface area (TPSA) is 92.2 Å². The standard InChI is InChI=1S/C22H25ClFN6O2P/c1-29-8-7-18-13(12-29)9-17(21(31)30(18)2)27-22-25-11-15(23)20(28-22)26-16-6-5-14(24)10-19(16)33(3,4)32/h5-6,9-11H,7-8,12H2,1-4H3,(H2,25,26,27,28). The summed E-state index contributed by atoms with van der Waals surface area (Å²) in [7, 11) is 1.02. The molecular weight excluding hydrogens is 466 g/mol. The summed E-state index contributed by atoms with van der Waals surface area (Å²) in [6.07, 6.45) is 2.21. The predicted molar refractivity (Wildman–Crippen MR) is 131 cm³/mol. The molecule has 0 amide bonds. The third kappa shape index (κ3) is 4.95. The van der Waals surface area contributed by atoms with Crippen molar-refractivity contribution in [3.8, 4) is 0 Å². The van der Waals surface area contributed by atoms with Crippen LogP contribution in [0.4, 0.5) is 27.5 Å². The van der Waals surface area contributed by atoms with Gasteiger partial charge in [0, 0.05) is 37.6 Å². The number of nitrogens with zero attached hydrogens (tertiary/aromatic N) is 4. The van der Waals surface area contributed by atoms with Crippen LogP contribution in [0.15, 0.2) is 35.3 Å². The van der Waals surface area contributed by atoms with Crippen LogP contribution in [-0.2, 0) is 24.6 Å². The molecule has 0 saturated carbocycles. The Balaban J connectivity index is 1.68. The SMILES string of the molecule is CN1CCc2c(cc(Nc3ncc(Cl)c(Nc4ccc(F)cc4P(C)(C)=O)n3)c(=O)n2C)C1. The normalized spacial score (nSPS) is 14.1. The maximum absolute atomic E-state index is 13.8. The second-order valence-corrected chi connectivity index (χ2v) is 12.1. The van der Waals surface area contributed by atoms with Crippen molar-refractivity contribution in [1.29, 1.82) is 0 Å². The van der Waals surface area contributed by atoms with E-state index in [2.05, 4.69) is 25.5 Å². The van der Waals surface area contributed by atoms with Crippen molar-refractivity contribution in [2.24, 2.45) is 7.05 Å². The zero-order chi connectivity index (χ0) is 23.9. The minimum atomic E-state index is -2.78. The summed E-state index contributed by atoms with van der Waals surface area (Å²) in [5, 5.41) is 6.60. The molecule has 0 fully saturated rings. The highest BCUT2D eigenvalue weighted by Gasteiger charge is 2.21. The number of hydrogen-bond donors (Lipinski definition) is 2. The molecule has 3 aromatic rings. The van der Waals surface area contributed by atoms with Gasteiger partial charge in [-0.2, -0.15) is 4.98 Å². The molecule has 0 radical (unpaired) electrons. The van der Waals surface area contributed by atoms with Gasteiger partial charge in [-0.25, -0.2) is 9.37 Å². The number of rotatable bonds is 5. The second-order valence-electron chi connectivity index (χ2n) is 8.53. The van der Waals surface area contributed by atoms with Crippen LogP contribution in [0.1, 0.15) is 11.3 Å². The minimum absolute atomic E-state index is 0.169. The molecule has 0 atom stereocenters. The zero-order valence-corrected chi connectivity index (χ0v) is 20.5. The number of aromatic nitrogens is 3. The maximum Gasteiger partial charge on any atom is 0.274 e. The number of fused-ring (bicyclic) bond motifs is 1. The fraction of sp³-hybridized carbons (Fsp3) is 0.318. The van der Waals surface area contributed by atoms with E-state index in [4.69, 9.17) is 11.6 Å². The van der Waals surface area contributed by atoms with Gasteiger partial charge in [-0.3, -0.25) is 4.79 Å². The molecule has 0 aliphatic carbocycles. The van der Waals surface area contributed by atoms with Crippen molar-refractivity contribution in [3.05, 3.63) is 62.9 Å². The number of benzene rings is 1. The summed E-state index contributed by atoms with van der Waals surface area (Å²) in [4.78, 5) is 23.7. The van der Waals surface area contributed by atoms with Gasteiger partial charge in [0.1, 0.15) is 23.7 Å². The molecule has 8 nitrogen and oxygen atoms in total. The Morgan fingerprint density at radius 2 is 1.91 bits per heavy atom. The van der Waals surface area contributed by atoms with E-state index in [1.165, 1.54) is 24.4 Å². The summed E-state index contributed by atoms with van der Waals surface area (Å²) in [6, 6.07) is 5.83. The van der Waals surface area contributed by atoms with E-state index in [0.29, 0.717) is 16.7 Å². The molecule has 174 valence electrons. The molecule has 1 aliphatic heterocycles. The van der Waals surface area contributed by atoms with Crippen molar-refractivity contribution in [1.82, 2.24) is 19.4 Å². The van der Waals surface area contributed by atoms with E-state index in [1.807, 2.05) is 13.1 Å². The van der Waals surface area contributed by atoms with E-state index >= 15 is 0 Å². The highest BCUT2D eigenvalue weighted by molar-refractivity contribution is 7.70. The van der Waals surface area contributed by atoms with Gasteiger partial charge in [-0.15, -0.1) is 0 Å². The molecule has 2 N–H and O–H groups in total. The lowest BCUT2D eigenvalue weighted by molar-refractivity contribution is 0.306. The first-order valence-electron chi connectivity index (χ1n) is 10.3. The first-order chi connectivity index (χ1) is 15.5. The van der Waals surface area contributed by atoms with Gasteiger partial charge >= 0.3 is 0 Å². The van der Waals surface area contributed by atoms with Crippen LogP contribution in [0.25, 0.3) is 0 Å². The van der Waals surface area contributed by atoms with Crippen molar-refractivity contribution in [2.45, 2.75) is 13.0 Å². The van der Waals surface area contributed by atoms with Gasteiger partial charge in [-0.05, 0) is 50.2 Å². The number of hydrogen-bond acceptors (Lipinski definition) is 7. The van der Waals surface area contributed by atoms with Crippen LogP contribution in [0.5, 0.6) is 0 Å². The first kappa shape index (κ1) is 23.4. The number of pyridine rings is 1. The maximum atomic E-state index is 13.8. The van der Waals surface area contributed by atoms with Gasteiger partial charge in [0.05, 0.1) is 11.9 Å². The third-order valence-electron chi connectivity index (χ3n) is 5.58. The fourth-order valence-corrected chi connectivity index (χ4v) is 5.16. The molecule has 3 heterocycles. The quantitative estimate of drug-likeness (QED) is 0.527. The van der Waals surface area contributed by atoms with E-state index in [9.17, 15) is 13.8 Å². The Morgan fingerprint density at radius 3 is 2.64 bits per heavy atom. The lowest BCUT2D eigenvalue weighted by Gasteiger charge is -2.27. The fourth-order valence-electron chi connectivity index (χ4n) is 3.88. The summed E-state index contributed by atoms with van der Waals surface area (Å²) in [5.74, 6) is -0.0718. The number of likely N-dealkylation sites (N-methyl/N-ethyl adjacent to an activating group) is 1. The van der Waals surface area contributed by atoms with Crippen molar-refractivity contribution in [3.63, 3.8) is 0 Å². The second kappa shape index (κ2) is 8.89. The molecule has 11 heteroatoms. The van der Waals surface area contributed by atoms with Gasteiger partial charge in [0.2, 0.25) is 5.95 Å². The van der Waals surface area contributed by atoms with E-state index in [-0.39, 0.29) is 22.3 Å². The number of anilines is 4. The van der Waals surface area contributed by atoms with Crippen molar-refractivity contribution in [2.75, 3.05) is 37.6 Å². The highest BCUT2D eigenvalue weighted by atomic mass is 35.5. The Hall–Kier alpha value is -2.74. The van der Waals surface area contributed by atoms with Crippen molar-refractivity contribution < 1.29 is 8.96 Å². The molecular formula is C22H25ClFN6O2P. The number of halogens is 2. The monoisotopic (exact) mass is 490 g/mol. The molecule has 1 aromatic carbocycles. The van der Waals surface area contributed by atoms with Crippen LogP contribution in [0.2, 0.25) is 5.02 Å². The van der Waals surface area contributed by atoms with Crippen LogP contribution >= 0.6 is 18.7 Å². The van der Waals surface area contributed by atoms with Crippen LogP contribution < -0.4 is 21.5 Å². The summed E-state index contributed by atoms with van der Waals surface area (Å²) in [6.45, 7) is 4.76. The Bertz CT molecular complexity index is 1340. The van der Waals surface area contributed by atoms with Crippen molar-refractivity contribution >= 4 is 47.2 Å². The van der Waals surface area contributed by atoms with E-state index < -0.39 is 13.0 Å². The minimum Gasteiger partial charge on any atom is -0.338 e. The molecule has 2 aromatic heterocycles. The molecule has 1 aliphatic rings. The average molecular weight is 491 g/mol. The smallest absolute Gasteiger partial charge is 0.274 e. The summed E-state index contributed by atoms with van der Waals surface area (Å²) < 4.78 is 28.1. The zero-order valence-electron chi connectivity index (χ0n) is 18.8. The summed E-state index contributed by atoms with van der Waals surface area (Å²) in [5.41, 5.74) is 2.71. The van der Waals surface area contributed by atoms with Gasteiger partial charge < -0.3 is 24.7 Å². The van der Waals surface area contributed by atoms with Crippen LogP contribution in [-0.4, -0.2) is 46.4 Å². The van der Waals surface area contributed by atoms with E-state index in [0.717, 1.165) is 30.8 Å². The molecule has 4 rings (SSSR count). The molecule has 33 heavy (non-hydrogen) atoms. The highest BCUT2D eigenvalue weighted by Crippen LogP contribution is 2.39. The molecule has 0 saturated heterocycles. The van der Waals surface area contributed by atoms with E-state index in [1.54, 1.807) is 24.9 Å². The summed E-state index contributed by atoms with van der Waals surface area (Å²) >= 11 is 6.28.